The van der Waals surface area contributed by atoms with Gasteiger partial charge in [-0.3, -0.25) is 9.78 Å². The van der Waals surface area contributed by atoms with Crippen LogP contribution in [0.5, 0.6) is 0 Å². The molecule has 2 aromatic rings. The normalized spacial score (nSPS) is 14.7. The zero-order chi connectivity index (χ0) is 16.9. The number of aryl methyl sites for hydroxylation is 1. The van der Waals surface area contributed by atoms with Gasteiger partial charge in [-0.2, -0.15) is 0 Å². The lowest BCUT2D eigenvalue weighted by molar-refractivity contribution is 0.105. The minimum atomic E-state index is 0.0712. The molecule has 0 bridgehead atoms. The molecule has 1 aliphatic carbocycles. The van der Waals surface area contributed by atoms with Gasteiger partial charge >= 0.3 is 0 Å². The summed E-state index contributed by atoms with van der Waals surface area (Å²) in [6.07, 6.45) is 9.39. The Morgan fingerprint density at radius 2 is 1.79 bits per heavy atom. The van der Waals surface area contributed by atoms with E-state index in [1.54, 1.807) is 0 Å². The van der Waals surface area contributed by atoms with Crippen LogP contribution in [-0.2, 0) is 12.8 Å². The Bertz CT molecular complexity index is 748. The fraction of sp³-hybridized carbons (Fsp3) is 0.333. The number of benzene rings is 1. The standard InChI is InChI=1S/C21H24N2O/c1-23(2)15-19(21(24)16-9-5-3-6-10-16)17-13-14-22-20-12-8-4-7-11-18(17)20/h3,5-6,9-10,13-15H,4,7-8,11-12H2,1-2H3/b19-15-. The Kier molecular flexibility index (Phi) is 5.09. The Balaban J connectivity index is 2.10. The van der Waals surface area contributed by atoms with E-state index in [-0.39, 0.29) is 5.78 Å². The van der Waals surface area contributed by atoms with Crippen molar-refractivity contribution in [1.82, 2.24) is 9.88 Å². The molecule has 0 atom stereocenters. The number of Topliss-reactive ketones (excluding diaryl/α,β-unsaturated/α-hetero) is 1. The van der Waals surface area contributed by atoms with Crippen molar-refractivity contribution in [3.05, 3.63) is 71.2 Å². The van der Waals surface area contributed by atoms with Crippen LogP contribution >= 0.6 is 0 Å². The third-order valence-corrected chi connectivity index (χ3v) is 4.44. The number of hydrogen-bond donors (Lipinski definition) is 0. The van der Waals surface area contributed by atoms with Crippen LogP contribution in [0.3, 0.4) is 0 Å². The highest BCUT2D eigenvalue weighted by atomic mass is 16.1. The molecule has 0 unspecified atom stereocenters. The summed E-state index contributed by atoms with van der Waals surface area (Å²) in [5, 5.41) is 0. The number of aromatic nitrogens is 1. The Labute approximate surface area is 144 Å². The van der Waals surface area contributed by atoms with Gasteiger partial charge in [-0.15, -0.1) is 0 Å². The van der Waals surface area contributed by atoms with Gasteiger partial charge in [-0.05, 0) is 42.9 Å². The summed E-state index contributed by atoms with van der Waals surface area (Å²) >= 11 is 0. The van der Waals surface area contributed by atoms with Gasteiger partial charge in [0.25, 0.3) is 0 Å². The second kappa shape index (κ2) is 7.43. The predicted octanol–water partition coefficient (Wildman–Crippen LogP) is 4.14. The smallest absolute Gasteiger partial charge is 0.195 e. The first-order valence-electron chi connectivity index (χ1n) is 8.62. The van der Waals surface area contributed by atoms with Crippen LogP contribution in [0.1, 0.15) is 46.4 Å². The number of pyridine rings is 1. The number of rotatable bonds is 4. The van der Waals surface area contributed by atoms with Crippen molar-refractivity contribution in [2.24, 2.45) is 0 Å². The van der Waals surface area contributed by atoms with Gasteiger partial charge in [-0.1, -0.05) is 36.8 Å². The minimum Gasteiger partial charge on any atom is -0.383 e. The van der Waals surface area contributed by atoms with Crippen LogP contribution in [0.15, 0.2) is 48.8 Å². The summed E-state index contributed by atoms with van der Waals surface area (Å²) < 4.78 is 0. The molecular weight excluding hydrogens is 296 g/mol. The van der Waals surface area contributed by atoms with E-state index in [2.05, 4.69) is 4.98 Å². The van der Waals surface area contributed by atoms with E-state index in [0.29, 0.717) is 0 Å². The van der Waals surface area contributed by atoms with Crippen molar-refractivity contribution in [1.29, 1.82) is 0 Å². The highest BCUT2D eigenvalue weighted by molar-refractivity contribution is 6.29. The summed E-state index contributed by atoms with van der Waals surface area (Å²) in [5.41, 5.74) is 4.95. The molecule has 1 heterocycles. The number of nitrogens with zero attached hydrogens (tertiary/aromatic N) is 2. The third kappa shape index (κ3) is 3.56. The maximum absolute atomic E-state index is 13.1. The van der Waals surface area contributed by atoms with Gasteiger partial charge in [0.05, 0.1) is 0 Å². The monoisotopic (exact) mass is 320 g/mol. The second-order valence-electron chi connectivity index (χ2n) is 6.55. The molecule has 3 rings (SSSR count). The molecule has 0 aliphatic heterocycles. The molecule has 3 nitrogen and oxygen atoms in total. The van der Waals surface area contributed by atoms with Crippen LogP contribution < -0.4 is 0 Å². The third-order valence-electron chi connectivity index (χ3n) is 4.44. The van der Waals surface area contributed by atoms with Crippen LogP contribution in [0.2, 0.25) is 0 Å². The summed E-state index contributed by atoms with van der Waals surface area (Å²) in [5.74, 6) is 0.0712. The number of carbonyl (C=O) groups excluding carboxylic acids is 1. The molecule has 124 valence electrons. The Hall–Kier alpha value is -2.42. The highest BCUT2D eigenvalue weighted by Crippen LogP contribution is 2.29. The summed E-state index contributed by atoms with van der Waals surface area (Å²) in [4.78, 5) is 19.7. The first kappa shape index (κ1) is 16.4. The zero-order valence-electron chi connectivity index (χ0n) is 14.5. The lowest BCUT2D eigenvalue weighted by Gasteiger charge is -2.16. The highest BCUT2D eigenvalue weighted by Gasteiger charge is 2.21. The van der Waals surface area contributed by atoms with E-state index < -0.39 is 0 Å². The summed E-state index contributed by atoms with van der Waals surface area (Å²) in [7, 11) is 3.91. The van der Waals surface area contributed by atoms with Crippen LogP contribution in [0.25, 0.3) is 5.57 Å². The van der Waals surface area contributed by atoms with Crippen molar-refractivity contribution in [2.75, 3.05) is 14.1 Å². The van der Waals surface area contributed by atoms with Gasteiger partial charge in [0, 0.05) is 43.3 Å². The van der Waals surface area contributed by atoms with Crippen molar-refractivity contribution >= 4 is 11.4 Å². The Morgan fingerprint density at radius 3 is 2.54 bits per heavy atom. The fourth-order valence-electron chi connectivity index (χ4n) is 3.31. The van der Waals surface area contributed by atoms with Crippen molar-refractivity contribution < 1.29 is 4.79 Å². The van der Waals surface area contributed by atoms with Gasteiger partial charge in [-0.25, -0.2) is 0 Å². The molecule has 0 fully saturated rings. The molecule has 0 N–H and O–H groups in total. The van der Waals surface area contributed by atoms with Crippen molar-refractivity contribution in [3.8, 4) is 0 Å². The second-order valence-corrected chi connectivity index (χ2v) is 6.55. The molecule has 0 spiro atoms. The van der Waals surface area contributed by atoms with E-state index in [0.717, 1.165) is 35.2 Å². The number of allylic oxidation sites excluding steroid dienone is 1. The molecule has 1 aliphatic rings. The van der Waals surface area contributed by atoms with E-state index >= 15 is 0 Å². The van der Waals surface area contributed by atoms with E-state index in [9.17, 15) is 4.79 Å². The summed E-state index contributed by atoms with van der Waals surface area (Å²) in [6.45, 7) is 0. The summed E-state index contributed by atoms with van der Waals surface area (Å²) in [6, 6.07) is 11.5. The molecule has 0 saturated carbocycles. The van der Waals surface area contributed by atoms with Gasteiger partial charge in [0.1, 0.15) is 0 Å². The topological polar surface area (TPSA) is 33.2 Å². The molecule has 1 aromatic heterocycles. The zero-order valence-corrected chi connectivity index (χ0v) is 14.5. The lowest BCUT2D eigenvalue weighted by atomic mass is 9.91. The fourth-order valence-corrected chi connectivity index (χ4v) is 3.31. The van der Waals surface area contributed by atoms with Crippen LogP contribution in [0.4, 0.5) is 0 Å². The molecule has 3 heteroatoms. The first-order chi connectivity index (χ1) is 11.7. The maximum atomic E-state index is 13.1. The molecule has 0 amide bonds. The number of hydrogen-bond acceptors (Lipinski definition) is 3. The average Bonchev–Trinajstić information content (AvgIpc) is 2.85. The quantitative estimate of drug-likeness (QED) is 0.482. The maximum Gasteiger partial charge on any atom is 0.195 e. The SMILES string of the molecule is CN(C)/C=C(\C(=O)c1ccccc1)c1ccnc2c1CCCCC2. The van der Waals surface area contributed by atoms with Crippen LogP contribution in [-0.4, -0.2) is 29.8 Å². The minimum absolute atomic E-state index is 0.0712. The number of fused-ring (bicyclic) bond motifs is 1. The molecular formula is C21H24N2O. The molecule has 0 saturated heterocycles. The number of ketones is 1. The van der Waals surface area contributed by atoms with Gasteiger partial charge in [0.2, 0.25) is 0 Å². The van der Waals surface area contributed by atoms with E-state index in [1.165, 1.54) is 24.8 Å². The predicted molar refractivity (Wildman–Crippen MR) is 97.9 cm³/mol. The average molecular weight is 320 g/mol. The van der Waals surface area contributed by atoms with Gasteiger partial charge in [0.15, 0.2) is 5.78 Å². The van der Waals surface area contributed by atoms with Crippen molar-refractivity contribution in [3.63, 3.8) is 0 Å². The van der Waals surface area contributed by atoms with E-state index in [4.69, 9.17) is 0 Å². The Morgan fingerprint density at radius 1 is 1.04 bits per heavy atom. The number of carbonyl (C=O) groups is 1. The molecule has 24 heavy (non-hydrogen) atoms. The molecule has 0 radical (unpaired) electrons. The largest absolute Gasteiger partial charge is 0.383 e. The lowest BCUT2D eigenvalue weighted by Crippen LogP contribution is -2.12. The van der Waals surface area contributed by atoms with Crippen LogP contribution in [0, 0.1) is 0 Å². The van der Waals surface area contributed by atoms with Crippen molar-refractivity contribution in [2.45, 2.75) is 32.1 Å². The first-order valence-corrected chi connectivity index (χ1v) is 8.62. The van der Waals surface area contributed by atoms with E-state index in [1.807, 2.05) is 67.8 Å². The van der Waals surface area contributed by atoms with Gasteiger partial charge < -0.3 is 4.90 Å². The molecule has 1 aromatic carbocycles.